The molecule has 0 atom stereocenters. The van der Waals surface area contributed by atoms with Gasteiger partial charge in [0.2, 0.25) is 11.9 Å². The van der Waals surface area contributed by atoms with Gasteiger partial charge in [-0.25, -0.2) is 4.98 Å². The number of nitrogens with two attached hydrogens (primary N) is 1. The molecule has 0 fully saturated rings. The summed E-state index contributed by atoms with van der Waals surface area (Å²) in [6.45, 7) is 4.83. The van der Waals surface area contributed by atoms with Crippen LogP contribution in [-0.2, 0) is 19.5 Å². The minimum Gasteiger partial charge on any atom is -0.366 e. The summed E-state index contributed by atoms with van der Waals surface area (Å²) in [4.78, 5) is 43.9. The van der Waals surface area contributed by atoms with Gasteiger partial charge in [-0.1, -0.05) is 6.42 Å². The molecule has 0 unspecified atom stereocenters. The zero-order valence-corrected chi connectivity index (χ0v) is 20.7. The first-order valence-corrected chi connectivity index (χ1v) is 12.0. The number of rotatable bonds is 11. The fourth-order valence-electron chi connectivity index (χ4n) is 4.29. The lowest BCUT2D eigenvalue weighted by Crippen LogP contribution is -2.20. The summed E-state index contributed by atoms with van der Waals surface area (Å²) in [6.07, 6.45) is 5.69. The van der Waals surface area contributed by atoms with Crippen LogP contribution in [0.4, 0.5) is 11.6 Å². The first-order chi connectivity index (χ1) is 17.8. The van der Waals surface area contributed by atoms with E-state index < -0.39 is 10.8 Å². The van der Waals surface area contributed by atoms with Gasteiger partial charge in [0.05, 0.1) is 21.7 Å². The Morgan fingerprint density at radius 2 is 1.97 bits per heavy atom. The molecule has 0 aliphatic carbocycles. The Labute approximate surface area is 212 Å². The molecule has 0 radical (unpaired) electrons. The molecular formula is C25H28N8O4. The maximum atomic E-state index is 13.1. The average molecular weight is 505 g/mol. The SMILES string of the molecule is CCn1nc(C)cc1C(=O)Nc1nc2cc(C(N)=O)ccc2n1CCCCCc1ccncc1[N+](=O)[O-]. The number of imidazole rings is 1. The number of hydrogen-bond donors (Lipinski definition) is 2. The lowest BCUT2D eigenvalue weighted by Gasteiger charge is -2.11. The molecule has 2 amide bonds. The van der Waals surface area contributed by atoms with Gasteiger partial charge in [-0.2, -0.15) is 5.10 Å². The number of carbonyl (C=O) groups excluding carboxylic acids is 2. The number of hydrogen-bond acceptors (Lipinski definition) is 7. The van der Waals surface area contributed by atoms with E-state index in [9.17, 15) is 19.7 Å². The number of anilines is 1. The number of nitrogens with one attached hydrogen (secondary N) is 1. The van der Waals surface area contributed by atoms with Gasteiger partial charge >= 0.3 is 0 Å². The molecule has 37 heavy (non-hydrogen) atoms. The highest BCUT2D eigenvalue weighted by molar-refractivity contribution is 6.03. The molecule has 3 N–H and O–H groups in total. The van der Waals surface area contributed by atoms with Crippen molar-refractivity contribution in [2.75, 3.05) is 5.32 Å². The van der Waals surface area contributed by atoms with Crippen LogP contribution in [0.3, 0.4) is 0 Å². The molecule has 4 aromatic rings. The topological polar surface area (TPSA) is 164 Å². The maximum absolute atomic E-state index is 13.1. The van der Waals surface area contributed by atoms with E-state index in [1.54, 1.807) is 41.2 Å². The summed E-state index contributed by atoms with van der Waals surface area (Å²) < 4.78 is 3.52. The van der Waals surface area contributed by atoms with E-state index in [1.807, 2.05) is 18.4 Å². The second kappa shape index (κ2) is 11.0. The maximum Gasteiger partial charge on any atom is 0.290 e. The van der Waals surface area contributed by atoms with E-state index >= 15 is 0 Å². The molecule has 3 aromatic heterocycles. The molecule has 0 saturated heterocycles. The van der Waals surface area contributed by atoms with Crippen molar-refractivity contribution in [2.45, 2.75) is 52.6 Å². The number of fused-ring (bicyclic) bond motifs is 1. The van der Waals surface area contributed by atoms with Crippen molar-refractivity contribution in [3.05, 3.63) is 75.4 Å². The van der Waals surface area contributed by atoms with E-state index in [0.717, 1.165) is 30.5 Å². The molecule has 1 aromatic carbocycles. The first kappa shape index (κ1) is 25.5. The Kier molecular flexibility index (Phi) is 7.56. The average Bonchev–Trinajstić information content (AvgIpc) is 3.43. The minimum absolute atomic E-state index is 0.0277. The van der Waals surface area contributed by atoms with Gasteiger partial charge in [0.15, 0.2) is 0 Å². The summed E-state index contributed by atoms with van der Waals surface area (Å²) in [7, 11) is 0. The number of benzene rings is 1. The van der Waals surface area contributed by atoms with Crippen molar-refractivity contribution >= 4 is 34.5 Å². The van der Waals surface area contributed by atoms with Crippen LogP contribution in [0.1, 0.15) is 58.3 Å². The van der Waals surface area contributed by atoms with Crippen molar-refractivity contribution in [1.29, 1.82) is 0 Å². The number of nitro groups is 1. The van der Waals surface area contributed by atoms with Crippen LogP contribution in [0.2, 0.25) is 0 Å². The highest BCUT2D eigenvalue weighted by Gasteiger charge is 2.19. The Morgan fingerprint density at radius 1 is 1.16 bits per heavy atom. The Hall–Kier alpha value is -4.61. The smallest absolute Gasteiger partial charge is 0.290 e. The normalized spacial score (nSPS) is 11.1. The molecule has 3 heterocycles. The number of primary amides is 1. The van der Waals surface area contributed by atoms with Crippen LogP contribution < -0.4 is 11.1 Å². The Balaban J connectivity index is 1.52. The zero-order chi connectivity index (χ0) is 26.5. The number of nitrogens with zero attached hydrogens (tertiary/aromatic N) is 6. The Morgan fingerprint density at radius 3 is 2.70 bits per heavy atom. The fraction of sp³-hybridized carbons (Fsp3) is 0.320. The van der Waals surface area contributed by atoms with Crippen molar-refractivity contribution in [3.63, 3.8) is 0 Å². The molecule has 0 aliphatic rings. The monoisotopic (exact) mass is 504 g/mol. The fourth-order valence-corrected chi connectivity index (χ4v) is 4.29. The Bertz CT molecular complexity index is 1470. The van der Waals surface area contributed by atoms with Gasteiger partial charge < -0.3 is 10.3 Å². The second-order valence-electron chi connectivity index (χ2n) is 8.67. The molecule has 192 valence electrons. The predicted octanol–water partition coefficient (Wildman–Crippen LogP) is 3.63. The van der Waals surface area contributed by atoms with Crippen LogP contribution in [0.15, 0.2) is 42.7 Å². The van der Waals surface area contributed by atoms with E-state index in [2.05, 4.69) is 20.4 Å². The zero-order valence-electron chi connectivity index (χ0n) is 20.7. The number of amides is 2. The third-order valence-corrected chi connectivity index (χ3v) is 6.10. The number of pyridine rings is 1. The summed E-state index contributed by atoms with van der Waals surface area (Å²) in [5.74, 6) is -0.540. The van der Waals surface area contributed by atoms with Crippen LogP contribution in [0, 0.1) is 17.0 Å². The molecular weight excluding hydrogens is 476 g/mol. The third kappa shape index (κ3) is 5.63. The second-order valence-corrected chi connectivity index (χ2v) is 8.67. The van der Waals surface area contributed by atoms with Gasteiger partial charge in [0, 0.05) is 30.4 Å². The van der Waals surface area contributed by atoms with E-state index in [4.69, 9.17) is 5.73 Å². The first-order valence-electron chi connectivity index (χ1n) is 12.0. The van der Waals surface area contributed by atoms with Gasteiger partial charge in [-0.05, 0) is 63.4 Å². The van der Waals surface area contributed by atoms with E-state index in [0.29, 0.717) is 47.8 Å². The summed E-state index contributed by atoms with van der Waals surface area (Å²) >= 11 is 0. The molecule has 12 heteroatoms. The van der Waals surface area contributed by atoms with Gasteiger partial charge in [-0.15, -0.1) is 0 Å². The van der Waals surface area contributed by atoms with Crippen molar-refractivity contribution < 1.29 is 14.5 Å². The van der Waals surface area contributed by atoms with Crippen LogP contribution in [0.5, 0.6) is 0 Å². The highest BCUT2D eigenvalue weighted by Crippen LogP contribution is 2.24. The molecule has 0 bridgehead atoms. The van der Waals surface area contributed by atoms with Crippen molar-refractivity contribution in [1.82, 2.24) is 24.3 Å². The largest absolute Gasteiger partial charge is 0.366 e. The summed E-state index contributed by atoms with van der Waals surface area (Å²) in [5.41, 5.74) is 8.90. The van der Waals surface area contributed by atoms with E-state index in [-0.39, 0.29) is 11.6 Å². The number of aromatic nitrogens is 5. The summed E-state index contributed by atoms with van der Waals surface area (Å²) in [6, 6.07) is 8.39. The van der Waals surface area contributed by atoms with Crippen molar-refractivity contribution in [2.24, 2.45) is 5.73 Å². The molecule has 0 saturated carbocycles. The van der Waals surface area contributed by atoms with Gasteiger partial charge in [-0.3, -0.25) is 34.7 Å². The van der Waals surface area contributed by atoms with Gasteiger partial charge in [0.1, 0.15) is 11.9 Å². The summed E-state index contributed by atoms with van der Waals surface area (Å²) in [5, 5.41) is 18.4. The number of aryl methyl sites for hydroxylation is 4. The number of carbonyl (C=O) groups is 2. The van der Waals surface area contributed by atoms with E-state index in [1.165, 1.54) is 6.20 Å². The molecule has 0 spiro atoms. The number of unbranched alkanes of at least 4 members (excludes halogenated alkanes) is 2. The molecule has 12 nitrogen and oxygen atoms in total. The molecule has 4 rings (SSSR count). The van der Waals surface area contributed by atoms with Gasteiger partial charge in [0.25, 0.3) is 11.6 Å². The predicted molar refractivity (Wildman–Crippen MR) is 137 cm³/mol. The van der Waals surface area contributed by atoms with Crippen LogP contribution >= 0.6 is 0 Å². The molecule has 0 aliphatic heterocycles. The minimum atomic E-state index is -0.561. The highest BCUT2D eigenvalue weighted by atomic mass is 16.6. The van der Waals surface area contributed by atoms with Crippen LogP contribution in [0.25, 0.3) is 11.0 Å². The third-order valence-electron chi connectivity index (χ3n) is 6.10. The lowest BCUT2D eigenvalue weighted by molar-refractivity contribution is -0.385. The quantitative estimate of drug-likeness (QED) is 0.179. The lowest BCUT2D eigenvalue weighted by atomic mass is 10.1. The van der Waals surface area contributed by atoms with Crippen LogP contribution in [-0.4, -0.2) is 41.1 Å². The standard InChI is InChI=1S/C25H28N8O4/c1-3-32-21(13-16(2)30-32)24(35)29-25-28-19-14-18(23(26)34)8-9-20(19)31(25)12-6-4-5-7-17-10-11-27-15-22(17)33(36)37/h8-11,13-15H,3-7,12H2,1-2H3,(H2,26,34)(H,28,29,35). The van der Waals surface area contributed by atoms with Crippen molar-refractivity contribution in [3.8, 4) is 0 Å².